The number of rotatable bonds is 1. The van der Waals surface area contributed by atoms with Crippen LogP contribution >= 0.6 is 0 Å². The summed E-state index contributed by atoms with van der Waals surface area (Å²) in [4.78, 5) is 2.04. The first-order chi connectivity index (χ1) is 6.70. The molecule has 6 nitrogen and oxygen atoms in total. The minimum Gasteiger partial charge on any atom is -0.759 e. The third kappa shape index (κ3) is 11.7. The molecule has 0 saturated carbocycles. The third-order valence-corrected chi connectivity index (χ3v) is 1.41. The maximum Gasteiger partial charge on any atom is 0.0362 e. The first kappa shape index (κ1) is 18.0. The van der Waals surface area contributed by atoms with E-state index in [9.17, 15) is 0 Å². The molecule has 8 heteroatoms. The largest absolute Gasteiger partial charge is 0.759 e. The van der Waals surface area contributed by atoms with E-state index in [1.807, 2.05) is 43.3 Å². The number of nitrogens with zero attached hydrogens (tertiary/aromatic N) is 1. The molecule has 0 bridgehead atoms. The molecule has 0 unspecified atom stereocenters. The van der Waals surface area contributed by atoms with Gasteiger partial charge in [0, 0.05) is 63.2 Å². The van der Waals surface area contributed by atoms with Crippen LogP contribution in [0.5, 0.6) is 0 Å². The summed E-state index contributed by atoms with van der Waals surface area (Å²) in [7, 11) is -1.16. The van der Waals surface area contributed by atoms with Gasteiger partial charge in [0.25, 0.3) is 0 Å². The summed E-state index contributed by atoms with van der Waals surface area (Å²) in [6, 6.07) is 7.79. The van der Waals surface area contributed by atoms with Gasteiger partial charge in [-0.1, -0.05) is 0 Å². The van der Waals surface area contributed by atoms with Gasteiger partial charge in [-0.3, -0.25) is 8.42 Å². The second kappa shape index (κ2) is 7.82. The standard InChI is InChI=1S/C8H12N2.H2O4S.Pb/c1-10(2)8-5-3-7(9)4-6-8;1-5(2,3)4;/h3-6H,9H2,1-2H3;(H2,1,2,3,4);/p-2. The SMILES string of the molecule is CN(C)c1ccc(N)cc1.O=S(=O)([O-])[O-].[Pb]. The van der Waals surface area contributed by atoms with Gasteiger partial charge < -0.3 is 19.7 Å². The van der Waals surface area contributed by atoms with Crippen molar-refractivity contribution in [3.8, 4) is 0 Å². The quantitative estimate of drug-likeness (QED) is 0.276. The normalized spacial score (nSPS) is 9.50. The minimum atomic E-state index is -5.17. The average molecular weight is 439 g/mol. The van der Waals surface area contributed by atoms with Crippen LogP contribution in [0.2, 0.25) is 0 Å². The number of anilines is 2. The predicted octanol–water partition coefficient (Wildman–Crippen LogP) is -0.384. The Morgan fingerprint density at radius 3 is 1.69 bits per heavy atom. The predicted molar refractivity (Wildman–Crippen MR) is 61.4 cm³/mol. The number of hydrogen-bond donors (Lipinski definition) is 1. The van der Waals surface area contributed by atoms with Crippen LogP contribution in [0.15, 0.2) is 24.3 Å². The summed E-state index contributed by atoms with van der Waals surface area (Å²) in [5.41, 5.74) is 7.49. The van der Waals surface area contributed by atoms with Gasteiger partial charge in [0.2, 0.25) is 0 Å². The monoisotopic (exact) mass is 440 g/mol. The summed E-state index contributed by atoms with van der Waals surface area (Å²) in [5, 5.41) is 0. The Morgan fingerprint density at radius 1 is 1.12 bits per heavy atom. The molecular weight excluding hydrogens is 427 g/mol. The first-order valence-electron chi connectivity index (χ1n) is 3.89. The molecule has 0 fully saturated rings. The van der Waals surface area contributed by atoms with E-state index in [-0.39, 0.29) is 27.3 Å². The van der Waals surface area contributed by atoms with Gasteiger partial charge in [-0.15, -0.1) is 0 Å². The number of benzene rings is 1. The van der Waals surface area contributed by atoms with Crippen LogP contribution in [0.25, 0.3) is 0 Å². The molecule has 0 heterocycles. The summed E-state index contributed by atoms with van der Waals surface area (Å²) < 4.78 is 34.1. The molecule has 0 atom stereocenters. The number of nitrogen functional groups attached to an aromatic ring is 1. The van der Waals surface area contributed by atoms with Crippen molar-refractivity contribution >= 4 is 49.1 Å². The smallest absolute Gasteiger partial charge is 0.0362 e. The summed E-state index contributed by atoms with van der Waals surface area (Å²) >= 11 is 0. The van der Waals surface area contributed by atoms with E-state index in [1.54, 1.807) is 0 Å². The van der Waals surface area contributed by atoms with E-state index in [4.69, 9.17) is 23.3 Å². The third-order valence-electron chi connectivity index (χ3n) is 1.41. The maximum atomic E-state index is 8.52. The molecule has 4 radical (unpaired) electrons. The number of nitrogens with two attached hydrogens (primary N) is 1. The maximum absolute atomic E-state index is 8.52. The Balaban J connectivity index is 0. The van der Waals surface area contributed by atoms with Gasteiger partial charge in [-0.2, -0.15) is 0 Å². The van der Waals surface area contributed by atoms with Gasteiger partial charge in [0.1, 0.15) is 0 Å². The van der Waals surface area contributed by atoms with Crippen molar-refractivity contribution in [2.75, 3.05) is 24.7 Å². The van der Waals surface area contributed by atoms with Crippen molar-refractivity contribution in [1.29, 1.82) is 0 Å². The zero-order valence-corrected chi connectivity index (χ0v) is 13.6. The van der Waals surface area contributed by atoms with Gasteiger partial charge in [0.05, 0.1) is 0 Å². The fraction of sp³-hybridized carbons (Fsp3) is 0.250. The molecule has 0 spiro atoms. The fourth-order valence-corrected chi connectivity index (χ4v) is 0.772. The topological polar surface area (TPSA) is 110 Å². The molecule has 1 aromatic carbocycles. The molecule has 0 saturated heterocycles. The van der Waals surface area contributed by atoms with E-state index in [1.165, 1.54) is 5.69 Å². The molecule has 1 rings (SSSR count). The van der Waals surface area contributed by atoms with Crippen LogP contribution in [0.1, 0.15) is 0 Å². The minimum absolute atomic E-state index is 0. The zero-order chi connectivity index (χ0) is 12.1. The Kier molecular flexibility index (Phi) is 8.79. The summed E-state index contributed by atoms with van der Waals surface area (Å²) in [6.07, 6.45) is 0. The van der Waals surface area contributed by atoms with Crippen LogP contribution < -0.4 is 10.6 Å². The van der Waals surface area contributed by atoms with Crippen molar-refractivity contribution in [3.05, 3.63) is 24.3 Å². The molecule has 1 aromatic rings. The molecule has 0 aliphatic rings. The molecule has 90 valence electrons. The van der Waals surface area contributed by atoms with E-state index >= 15 is 0 Å². The Morgan fingerprint density at radius 2 is 1.44 bits per heavy atom. The van der Waals surface area contributed by atoms with Crippen molar-refractivity contribution in [1.82, 2.24) is 0 Å². The van der Waals surface area contributed by atoms with Gasteiger partial charge in [-0.05, 0) is 24.3 Å². The Hall–Kier alpha value is -0.388. The van der Waals surface area contributed by atoms with E-state index in [0.29, 0.717) is 0 Å². The molecule has 2 N–H and O–H groups in total. The van der Waals surface area contributed by atoms with Crippen LogP contribution in [0, 0.1) is 0 Å². The summed E-state index contributed by atoms with van der Waals surface area (Å²) in [6.45, 7) is 0. The molecule has 0 amide bonds. The molecule has 0 aromatic heterocycles. The van der Waals surface area contributed by atoms with Gasteiger partial charge in [0.15, 0.2) is 0 Å². The van der Waals surface area contributed by atoms with E-state index in [0.717, 1.165) is 5.69 Å². The zero-order valence-electron chi connectivity index (χ0n) is 8.88. The summed E-state index contributed by atoms with van der Waals surface area (Å²) in [5.74, 6) is 0. The van der Waals surface area contributed by atoms with Crippen molar-refractivity contribution in [2.45, 2.75) is 0 Å². The van der Waals surface area contributed by atoms with Crippen LogP contribution in [0.4, 0.5) is 11.4 Å². The fourth-order valence-electron chi connectivity index (χ4n) is 0.772. The number of hydrogen-bond acceptors (Lipinski definition) is 6. The molecule has 0 aliphatic heterocycles. The van der Waals surface area contributed by atoms with Gasteiger partial charge >= 0.3 is 0 Å². The van der Waals surface area contributed by atoms with E-state index < -0.39 is 10.4 Å². The van der Waals surface area contributed by atoms with Crippen LogP contribution in [-0.2, 0) is 10.4 Å². The second-order valence-electron chi connectivity index (χ2n) is 2.89. The Labute approximate surface area is 115 Å². The van der Waals surface area contributed by atoms with Crippen molar-refractivity contribution in [2.24, 2.45) is 0 Å². The van der Waals surface area contributed by atoms with Crippen LogP contribution in [-0.4, -0.2) is 58.9 Å². The second-order valence-corrected chi connectivity index (χ2v) is 3.71. The van der Waals surface area contributed by atoms with Crippen molar-refractivity contribution < 1.29 is 17.5 Å². The molecule has 0 aliphatic carbocycles. The molecule has 16 heavy (non-hydrogen) atoms. The van der Waals surface area contributed by atoms with Crippen LogP contribution in [0.3, 0.4) is 0 Å². The van der Waals surface area contributed by atoms with Gasteiger partial charge in [-0.25, -0.2) is 0 Å². The average Bonchev–Trinajstić information content (AvgIpc) is 2.01. The van der Waals surface area contributed by atoms with E-state index in [2.05, 4.69) is 0 Å². The first-order valence-corrected chi connectivity index (χ1v) is 5.23. The van der Waals surface area contributed by atoms with Crippen molar-refractivity contribution in [3.63, 3.8) is 0 Å². The molecular formula is C8H12N2O4PbS-2. The Bertz CT molecular complexity index is 383.